The summed E-state index contributed by atoms with van der Waals surface area (Å²) in [4.78, 5) is 27.5. The fourth-order valence-electron chi connectivity index (χ4n) is 4.90. The Balaban J connectivity index is 1.40. The largest absolute Gasteiger partial charge is 0.466 e. The highest BCUT2D eigenvalue weighted by atomic mass is 19.1. The average Bonchev–Trinajstić information content (AvgIpc) is 3.39. The lowest BCUT2D eigenvalue weighted by Gasteiger charge is -2.37. The van der Waals surface area contributed by atoms with Gasteiger partial charge in [-0.25, -0.2) is 18.4 Å². The maximum Gasteiger partial charge on any atom is 0.336 e. The Morgan fingerprint density at radius 2 is 1.94 bits per heavy atom. The van der Waals surface area contributed by atoms with Crippen LogP contribution in [0.1, 0.15) is 30.4 Å². The molecular formula is C24H22F2N2O5. The minimum Gasteiger partial charge on any atom is -0.466 e. The standard InChI is InChI=1S/C24H22F2N2O5/c1-31-23(29)22-17(16-5-3-14(25)9-18(16)26)10-15-4-6-19(22)28(15)24(30)27-11-13-2-7-20-21(8-13)33-12-32-20/h2-3,5,7-9,15,19H,4,6,10-12H2,1H3,(H,27,30)/t15-,19+/m0/s1. The van der Waals surface area contributed by atoms with Crippen LogP contribution in [0.15, 0.2) is 42.0 Å². The van der Waals surface area contributed by atoms with Crippen molar-refractivity contribution in [2.24, 2.45) is 0 Å². The van der Waals surface area contributed by atoms with Crippen LogP contribution in [0.4, 0.5) is 13.6 Å². The molecule has 5 rings (SSSR count). The first-order valence-corrected chi connectivity index (χ1v) is 10.7. The SMILES string of the molecule is COC(=O)C1=C(c2ccc(F)cc2F)C[C@@H]2CC[C@H]1N2C(=O)NCc1ccc2c(c1)OCO2. The molecule has 0 aromatic heterocycles. The van der Waals surface area contributed by atoms with E-state index in [1.807, 2.05) is 12.1 Å². The van der Waals surface area contributed by atoms with Gasteiger partial charge in [0.15, 0.2) is 11.5 Å². The summed E-state index contributed by atoms with van der Waals surface area (Å²) >= 11 is 0. The van der Waals surface area contributed by atoms with Crippen molar-refractivity contribution in [2.45, 2.75) is 37.9 Å². The summed E-state index contributed by atoms with van der Waals surface area (Å²) < 4.78 is 43.7. The third-order valence-corrected chi connectivity index (χ3v) is 6.38. The van der Waals surface area contributed by atoms with Gasteiger partial charge in [0, 0.05) is 24.2 Å². The molecule has 0 spiro atoms. The van der Waals surface area contributed by atoms with Gasteiger partial charge in [-0.2, -0.15) is 0 Å². The molecule has 0 aliphatic carbocycles. The topological polar surface area (TPSA) is 77.1 Å². The minimum atomic E-state index is -0.744. The Labute approximate surface area is 188 Å². The summed E-state index contributed by atoms with van der Waals surface area (Å²) in [6.07, 6.45) is 1.49. The molecule has 3 aliphatic heterocycles. The molecule has 2 aromatic carbocycles. The number of esters is 1. The molecule has 2 aromatic rings. The third kappa shape index (κ3) is 3.77. The van der Waals surface area contributed by atoms with Gasteiger partial charge in [-0.1, -0.05) is 6.07 Å². The first-order chi connectivity index (χ1) is 16.0. The van der Waals surface area contributed by atoms with E-state index in [0.29, 0.717) is 29.9 Å². The van der Waals surface area contributed by atoms with Crippen LogP contribution in [0.3, 0.4) is 0 Å². The molecule has 7 nitrogen and oxygen atoms in total. The number of hydrogen-bond donors (Lipinski definition) is 1. The summed E-state index contributed by atoms with van der Waals surface area (Å²) in [5.74, 6) is -0.770. The summed E-state index contributed by atoms with van der Waals surface area (Å²) in [6, 6.07) is 7.65. The van der Waals surface area contributed by atoms with Crippen LogP contribution in [-0.4, -0.2) is 42.9 Å². The molecule has 2 atom stereocenters. The number of carbonyl (C=O) groups excluding carboxylic acids is 2. The molecule has 172 valence electrons. The van der Waals surface area contributed by atoms with Crippen molar-refractivity contribution in [2.75, 3.05) is 13.9 Å². The molecule has 0 saturated carbocycles. The van der Waals surface area contributed by atoms with Crippen LogP contribution >= 0.6 is 0 Å². The van der Waals surface area contributed by atoms with Gasteiger partial charge in [0.05, 0.1) is 18.7 Å². The van der Waals surface area contributed by atoms with E-state index in [2.05, 4.69) is 5.32 Å². The van der Waals surface area contributed by atoms with E-state index in [9.17, 15) is 18.4 Å². The zero-order chi connectivity index (χ0) is 23.1. The van der Waals surface area contributed by atoms with Gasteiger partial charge in [0.2, 0.25) is 6.79 Å². The predicted molar refractivity (Wildman–Crippen MR) is 113 cm³/mol. The molecule has 1 fully saturated rings. The summed E-state index contributed by atoms with van der Waals surface area (Å²) in [7, 11) is 1.25. The lowest BCUT2D eigenvalue weighted by molar-refractivity contribution is -0.136. The van der Waals surface area contributed by atoms with E-state index in [-0.39, 0.29) is 43.0 Å². The molecule has 2 bridgehead atoms. The Hall–Kier alpha value is -3.62. The van der Waals surface area contributed by atoms with Gasteiger partial charge in [-0.3, -0.25) is 0 Å². The molecular weight excluding hydrogens is 434 g/mol. The molecule has 0 unspecified atom stereocenters. The number of urea groups is 1. The monoisotopic (exact) mass is 456 g/mol. The van der Waals surface area contributed by atoms with Gasteiger partial charge >= 0.3 is 12.0 Å². The highest BCUT2D eigenvalue weighted by molar-refractivity contribution is 6.01. The van der Waals surface area contributed by atoms with Crippen molar-refractivity contribution in [1.29, 1.82) is 0 Å². The van der Waals surface area contributed by atoms with Crippen molar-refractivity contribution < 1.29 is 32.6 Å². The summed E-state index contributed by atoms with van der Waals surface area (Å²) in [5.41, 5.74) is 1.71. The second-order valence-corrected chi connectivity index (χ2v) is 8.21. The van der Waals surface area contributed by atoms with Crippen molar-refractivity contribution in [1.82, 2.24) is 10.2 Å². The molecule has 1 N–H and O–H groups in total. The normalized spacial score (nSPS) is 20.8. The van der Waals surface area contributed by atoms with Gasteiger partial charge in [0.1, 0.15) is 11.6 Å². The lowest BCUT2D eigenvalue weighted by Crippen LogP contribution is -2.50. The second kappa shape index (κ2) is 8.38. The minimum absolute atomic E-state index is 0.161. The Bertz CT molecular complexity index is 1170. The number of halogens is 2. The van der Waals surface area contributed by atoms with Crippen LogP contribution in [0.2, 0.25) is 0 Å². The van der Waals surface area contributed by atoms with Crippen molar-refractivity contribution in [3.8, 4) is 11.5 Å². The van der Waals surface area contributed by atoms with Crippen LogP contribution in [0.25, 0.3) is 5.57 Å². The van der Waals surface area contributed by atoms with E-state index in [1.54, 1.807) is 11.0 Å². The Morgan fingerprint density at radius 3 is 2.73 bits per heavy atom. The highest BCUT2D eigenvalue weighted by Crippen LogP contribution is 2.44. The molecule has 9 heteroatoms. The highest BCUT2D eigenvalue weighted by Gasteiger charge is 2.47. The zero-order valence-electron chi connectivity index (χ0n) is 17.9. The maximum atomic E-state index is 14.6. The van der Waals surface area contributed by atoms with Crippen LogP contribution < -0.4 is 14.8 Å². The second-order valence-electron chi connectivity index (χ2n) is 8.21. The van der Waals surface area contributed by atoms with Crippen molar-refractivity contribution in [3.05, 3.63) is 64.7 Å². The van der Waals surface area contributed by atoms with Gasteiger partial charge in [-0.05, 0) is 54.7 Å². The molecule has 3 aliphatic rings. The van der Waals surface area contributed by atoms with Crippen LogP contribution in [-0.2, 0) is 16.1 Å². The molecule has 3 heterocycles. The number of hydrogen-bond acceptors (Lipinski definition) is 5. The number of methoxy groups -OCH3 is 1. The maximum absolute atomic E-state index is 14.6. The zero-order valence-corrected chi connectivity index (χ0v) is 17.9. The average molecular weight is 456 g/mol. The molecule has 1 saturated heterocycles. The number of carbonyl (C=O) groups is 2. The first-order valence-electron chi connectivity index (χ1n) is 10.7. The first kappa shape index (κ1) is 21.2. The number of benzene rings is 2. The fraction of sp³-hybridized carbons (Fsp3) is 0.333. The number of nitrogens with one attached hydrogen (secondary N) is 1. The number of nitrogens with zero attached hydrogens (tertiary/aromatic N) is 1. The van der Waals surface area contributed by atoms with E-state index in [1.165, 1.54) is 13.2 Å². The number of rotatable bonds is 4. The van der Waals surface area contributed by atoms with E-state index >= 15 is 0 Å². The van der Waals surface area contributed by atoms with E-state index < -0.39 is 23.6 Å². The molecule has 33 heavy (non-hydrogen) atoms. The Morgan fingerprint density at radius 1 is 1.12 bits per heavy atom. The van der Waals surface area contributed by atoms with Crippen molar-refractivity contribution in [3.63, 3.8) is 0 Å². The van der Waals surface area contributed by atoms with Crippen LogP contribution in [0, 0.1) is 11.6 Å². The third-order valence-electron chi connectivity index (χ3n) is 6.38. The van der Waals surface area contributed by atoms with Gasteiger partial charge < -0.3 is 24.4 Å². The molecule has 0 radical (unpaired) electrons. The summed E-state index contributed by atoms with van der Waals surface area (Å²) in [6.45, 7) is 0.435. The smallest absolute Gasteiger partial charge is 0.336 e. The quantitative estimate of drug-likeness (QED) is 0.709. The van der Waals surface area contributed by atoms with E-state index in [0.717, 1.165) is 17.7 Å². The Kier molecular flexibility index (Phi) is 5.39. The van der Waals surface area contributed by atoms with Gasteiger partial charge in [0.25, 0.3) is 0 Å². The predicted octanol–water partition coefficient (Wildman–Crippen LogP) is 3.77. The summed E-state index contributed by atoms with van der Waals surface area (Å²) in [5, 5.41) is 2.90. The van der Waals surface area contributed by atoms with Crippen LogP contribution in [0.5, 0.6) is 11.5 Å². The molecule has 2 amide bonds. The number of ether oxygens (including phenoxy) is 3. The number of fused-ring (bicyclic) bond motifs is 3. The number of amides is 2. The van der Waals surface area contributed by atoms with E-state index in [4.69, 9.17) is 14.2 Å². The fourth-order valence-corrected chi connectivity index (χ4v) is 4.90. The van der Waals surface area contributed by atoms with Gasteiger partial charge in [-0.15, -0.1) is 0 Å². The van der Waals surface area contributed by atoms with Crippen molar-refractivity contribution >= 4 is 17.6 Å². The lowest BCUT2D eigenvalue weighted by atomic mass is 9.88.